The van der Waals surface area contributed by atoms with Crippen molar-refractivity contribution in [1.29, 1.82) is 0 Å². The van der Waals surface area contributed by atoms with Crippen molar-refractivity contribution in [3.05, 3.63) is 29.8 Å². The number of aryl methyl sites for hydroxylation is 1. The first-order valence-corrected chi connectivity index (χ1v) is 12.8. The highest BCUT2D eigenvalue weighted by atomic mass is 32.2. The summed E-state index contributed by atoms with van der Waals surface area (Å²) in [5.41, 5.74) is 1.02. The minimum absolute atomic E-state index is 0.0282. The van der Waals surface area contributed by atoms with E-state index in [4.69, 9.17) is 0 Å². The first-order valence-electron chi connectivity index (χ1n) is 11.4. The normalized spacial score (nSPS) is 20.4. The summed E-state index contributed by atoms with van der Waals surface area (Å²) in [6.07, 6.45) is 3.36. The molecule has 172 valence electrons. The van der Waals surface area contributed by atoms with Crippen molar-refractivity contribution in [2.45, 2.75) is 63.8 Å². The lowest BCUT2D eigenvalue weighted by atomic mass is 9.92. The molecule has 8 heteroatoms. The van der Waals surface area contributed by atoms with Gasteiger partial charge in [-0.2, -0.15) is 4.31 Å². The Labute approximate surface area is 186 Å². The Kier molecular flexibility index (Phi) is 7.75. The zero-order valence-corrected chi connectivity index (χ0v) is 19.7. The zero-order valence-electron chi connectivity index (χ0n) is 18.8. The molecule has 7 nitrogen and oxygen atoms in total. The van der Waals surface area contributed by atoms with Crippen molar-refractivity contribution < 1.29 is 18.0 Å². The lowest BCUT2D eigenvalue weighted by molar-refractivity contribution is -0.140. The Bertz CT molecular complexity index is 869. The van der Waals surface area contributed by atoms with Crippen LogP contribution in [0.3, 0.4) is 0 Å². The van der Waals surface area contributed by atoms with E-state index in [0.717, 1.165) is 12.0 Å². The standard InChI is InChI=1S/C23H35N3O4S/c1-4-18(3)24-22(27)19-9-13-25(14-10-19)23(28)20-11-15-26(16-12-20)31(29,30)21-7-5-17(2)6-8-21/h5-8,18-20H,4,9-16H2,1-3H3,(H,24,27)/t18-/m1/s1. The third kappa shape index (κ3) is 5.66. The summed E-state index contributed by atoms with van der Waals surface area (Å²) >= 11 is 0. The number of nitrogens with one attached hydrogen (secondary N) is 1. The van der Waals surface area contributed by atoms with Crippen LogP contribution in [-0.4, -0.2) is 61.7 Å². The number of nitrogens with zero attached hydrogens (tertiary/aromatic N) is 2. The second-order valence-electron chi connectivity index (χ2n) is 8.91. The first-order chi connectivity index (χ1) is 14.7. The minimum atomic E-state index is -3.52. The van der Waals surface area contributed by atoms with Gasteiger partial charge in [0.15, 0.2) is 0 Å². The predicted molar refractivity (Wildman–Crippen MR) is 120 cm³/mol. The van der Waals surface area contributed by atoms with Crippen LogP contribution in [0.5, 0.6) is 0 Å². The Morgan fingerprint density at radius 2 is 1.55 bits per heavy atom. The maximum absolute atomic E-state index is 13.0. The van der Waals surface area contributed by atoms with Crippen molar-refractivity contribution in [3.8, 4) is 0 Å². The molecule has 2 heterocycles. The molecular weight excluding hydrogens is 414 g/mol. The van der Waals surface area contributed by atoms with Crippen LogP contribution in [0.25, 0.3) is 0 Å². The Morgan fingerprint density at radius 1 is 1.00 bits per heavy atom. The number of likely N-dealkylation sites (tertiary alicyclic amines) is 1. The van der Waals surface area contributed by atoms with Crippen LogP contribution in [0.15, 0.2) is 29.2 Å². The van der Waals surface area contributed by atoms with Gasteiger partial charge in [-0.05, 0) is 58.1 Å². The number of piperidine rings is 2. The summed E-state index contributed by atoms with van der Waals surface area (Å²) in [5, 5.41) is 3.04. The van der Waals surface area contributed by atoms with Gasteiger partial charge < -0.3 is 10.2 Å². The number of carbonyl (C=O) groups excluding carboxylic acids is 2. The maximum Gasteiger partial charge on any atom is 0.243 e. The molecule has 1 aromatic rings. The van der Waals surface area contributed by atoms with E-state index in [9.17, 15) is 18.0 Å². The van der Waals surface area contributed by atoms with Crippen molar-refractivity contribution >= 4 is 21.8 Å². The third-order valence-corrected chi connectivity index (χ3v) is 8.55. The van der Waals surface area contributed by atoms with Gasteiger partial charge in [0.25, 0.3) is 0 Å². The van der Waals surface area contributed by atoms with E-state index in [1.165, 1.54) is 4.31 Å². The number of carbonyl (C=O) groups is 2. The quantitative estimate of drug-likeness (QED) is 0.723. The summed E-state index contributed by atoms with van der Waals surface area (Å²) in [7, 11) is -3.52. The van der Waals surface area contributed by atoms with E-state index in [1.54, 1.807) is 24.3 Å². The first kappa shape index (κ1) is 23.7. The third-order valence-electron chi connectivity index (χ3n) is 6.64. The fourth-order valence-electron chi connectivity index (χ4n) is 4.29. The smallest absolute Gasteiger partial charge is 0.243 e. The van der Waals surface area contributed by atoms with Gasteiger partial charge in [-0.15, -0.1) is 0 Å². The molecule has 0 aliphatic carbocycles. The number of amides is 2. The van der Waals surface area contributed by atoms with E-state index in [0.29, 0.717) is 56.8 Å². The van der Waals surface area contributed by atoms with Gasteiger partial charge in [0.2, 0.25) is 21.8 Å². The number of benzene rings is 1. The summed E-state index contributed by atoms with van der Waals surface area (Å²) in [4.78, 5) is 27.5. The molecule has 2 aliphatic rings. The molecule has 1 atom stereocenters. The van der Waals surface area contributed by atoms with Crippen LogP contribution >= 0.6 is 0 Å². The second kappa shape index (κ2) is 10.1. The zero-order chi connectivity index (χ0) is 22.6. The van der Waals surface area contributed by atoms with Crippen LogP contribution < -0.4 is 5.32 Å². The monoisotopic (exact) mass is 449 g/mol. The fourth-order valence-corrected chi connectivity index (χ4v) is 5.76. The Hall–Kier alpha value is -1.93. The largest absolute Gasteiger partial charge is 0.353 e. The summed E-state index contributed by atoms with van der Waals surface area (Å²) in [6, 6.07) is 7.06. The molecule has 2 aliphatic heterocycles. The average molecular weight is 450 g/mol. The van der Waals surface area contributed by atoms with Gasteiger partial charge in [0, 0.05) is 44.1 Å². The molecular formula is C23H35N3O4S. The molecule has 31 heavy (non-hydrogen) atoms. The molecule has 0 bridgehead atoms. The second-order valence-corrected chi connectivity index (χ2v) is 10.8. The topological polar surface area (TPSA) is 86.8 Å². The lowest BCUT2D eigenvalue weighted by Crippen LogP contribution is -2.48. The van der Waals surface area contributed by atoms with Crippen LogP contribution in [0.2, 0.25) is 0 Å². The molecule has 2 amide bonds. The molecule has 0 saturated carbocycles. The van der Waals surface area contributed by atoms with Crippen LogP contribution in [0.1, 0.15) is 51.5 Å². The maximum atomic E-state index is 13.0. The van der Waals surface area contributed by atoms with Gasteiger partial charge in [0.1, 0.15) is 0 Å². The highest BCUT2D eigenvalue weighted by Crippen LogP contribution is 2.27. The van der Waals surface area contributed by atoms with Gasteiger partial charge in [0.05, 0.1) is 4.90 Å². The van der Waals surface area contributed by atoms with Gasteiger partial charge in [-0.25, -0.2) is 8.42 Å². The van der Waals surface area contributed by atoms with Crippen LogP contribution in [0.4, 0.5) is 0 Å². The van der Waals surface area contributed by atoms with E-state index >= 15 is 0 Å². The highest BCUT2D eigenvalue weighted by molar-refractivity contribution is 7.89. The molecule has 0 radical (unpaired) electrons. The average Bonchev–Trinajstić information content (AvgIpc) is 2.79. The number of hydrogen-bond donors (Lipinski definition) is 1. The van der Waals surface area contributed by atoms with Gasteiger partial charge >= 0.3 is 0 Å². The molecule has 1 N–H and O–H groups in total. The fraction of sp³-hybridized carbons (Fsp3) is 0.652. The number of sulfonamides is 1. The SMILES string of the molecule is CC[C@@H](C)NC(=O)C1CCN(C(=O)C2CCN(S(=O)(=O)c3ccc(C)cc3)CC2)CC1. The molecule has 1 aromatic carbocycles. The number of hydrogen-bond acceptors (Lipinski definition) is 4. The van der Waals surface area contributed by atoms with Crippen molar-refractivity contribution in [1.82, 2.24) is 14.5 Å². The van der Waals surface area contributed by atoms with E-state index in [2.05, 4.69) is 5.32 Å². The molecule has 0 unspecified atom stereocenters. The predicted octanol–water partition coefficient (Wildman–Crippen LogP) is 2.55. The molecule has 2 saturated heterocycles. The van der Waals surface area contributed by atoms with Crippen molar-refractivity contribution in [2.24, 2.45) is 11.8 Å². The molecule has 0 spiro atoms. The van der Waals surface area contributed by atoms with Gasteiger partial charge in [-0.1, -0.05) is 24.6 Å². The lowest BCUT2D eigenvalue weighted by Gasteiger charge is -2.36. The summed E-state index contributed by atoms with van der Waals surface area (Å²) in [5.74, 6) is 0.0266. The highest BCUT2D eigenvalue weighted by Gasteiger charge is 2.35. The van der Waals surface area contributed by atoms with E-state index in [1.807, 2.05) is 25.7 Å². The summed E-state index contributed by atoms with van der Waals surface area (Å²) in [6.45, 7) is 7.89. The number of rotatable bonds is 6. The van der Waals surface area contributed by atoms with E-state index < -0.39 is 10.0 Å². The minimum Gasteiger partial charge on any atom is -0.353 e. The van der Waals surface area contributed by atoms with Crippen molar-refractivity contribution in [3.63, 3.8) is 0 Å². The van der Waals surface area contributed by atoms with Crippen LogP contribution in [0, 0.1) is 18.8 Å². The Morgan fingerprint density at radius 3 is 2.10 bits per heavy atom. The van der Waals surface area contributed by atoms with Crippen molar-refractivity contribution in [2.75, 3.05) is 26.2 Å². The van der Waals surface area contributed by atoms with Gasteiger partial charge in [-0.3, -0.25) is 9.59 Å². The van der Waals surface area contributed by atoms with E-state index in [-0.39, 0.29) is 29.7 Å². The Balaban J connectivity index is 1.49. The molecule has 3 rings (SSSR count). The molecule has 2 fully saturated rings. The summed E-state index contributed by atoms with van der Waals surface area (Å²) < 4.78 is 27.2. The molecule has 0 aromatic heterocycles. The van der Waals surface area contributed by atoms with Crippen LogP contribution in [-0.2, 0) is 19.6 Å².